The zero-order valence-electron chi connectivity index (χ0n) is 8.72. The fourth-order valence-corrected chi connectivity index (χ4v) is 2.03. The van der Waals surface area contributed by atoms with Gasteiger partial charge in [0, 0.05) is 12.6 Å². The molecule has 0 aromatic carbocycles. The zero-order chi connectivity index (χ0) is 9.68. The lowest BCUT2D eigenvalue weighted by atomic mass is 9.90. The second-order valence-corrected chi connectivity index (χ2v) is 3.95. The molecule has 0 saturated carbocycles. The largest absolute Gasteiger partial charge is 0.317 e. The molecule has 1 heterocycles. The number of nitrogens with one attached hydrogen (secondary N) is 1. The van der Waals surface area contributed by atoms with Crippen molar-refractivity contribution >= 4 is 0 Å². The van der Waals surface area contributed by atoms with Crippen LogP contribution in [0.5, 0.6) is 0 Å². The molecule has 78 valence electrons. The van der Waals surface area contributed by atoms with E-state index in [-0.39, 0.29) is 6.67 Å². The monoisotopic (exact) mass is 188 g/mol. The molecule has 1 aliphatic rings. The van der Waals surface area contributed by atoms with E-state index >= 15 is 0 Å². The van der Waals surface area contributed by atoms with E-state index in [1.807, 2.05) is 7.05 Å². The molecule has 1 unspecified atom stereocenters. The standard InChI is InChI=1S/C10H21FN2/c1-9(12-2)10-3-6-13(7-4-10)8-5-11/h9-10,12H,3-8H2,1-2H3. The summed E-state index contributed by atoms with van der Waals surface area (Å²) in [6.07, 6.45) is 2.42. The van der Waals surface area contributed by atoms with Crippen molar-refractivity contribution in [1.29, 1.82) is 0 Å². The van der Waals surface area contributed by atoms with Crippen LogP contribution in [-0.2, 0) is 0 Å². The first-order chi connectivity index (χ1) is 6.27. The van der Waals surface area contributed by atoms with Crippen molar-refractivity contribution in [1.82, 2.24) is 10.2 Å². The van der Waals surface area contributed by atoms with Gasteiger partial charge in [0.2, 0.25) is 0 Å². The first-order valence-electron chi connectivity index (χ1n) is 5.23. The minimum Gasteiger partial charge on any atom is -0.317 e. The maximum atomic E-state index is 12.0. The van der Waals surface area contributed by atoms with E-state index in [4.69, 9.17) is 0 Å². The number of halogens is 1. The molecule has 1 atom stereocenters. The number of alkyl halides is 1. The van der Waals surface area contributed by atoms with Crippen molar-refractivity contribution in [3.8, 4) is 0 Å². The Labute approximate surface area is 80.5 Å². The summed E-state index contributed by atoms with van der Waals surface area (Å²) in [7, 11) is 2.01. The normalized spacial score (nSPS) is 23.3. The predicted octanol–water partition coefficient (Wildman–Crippen LogP) is 1.28. The van der Waals surface area contributed by atoms with Crippen LogP contribution in [0.15, 0.2) is 0 Å². The van der Waals surface area contributed by atoms with Crippen molar-refractivity contribution in [2.24, 2.45) is 5.92 Å². The van der Waals surface area contributed by atoms with Gasteiger partial charge in [-0.15, -0.1) is 0 Å². The van der Waals surface area contributed by atoms with E-state index in [1.165, 1.54) is 12.8 Å². The number of hydrogen-bond acceptors (Lipinski definition) is 2. The summed E-state index contributed by atoms with van der Waals surface area (Å²) in [5.41, 5.74) is 0. The van der Waals surface area contributed by atoms with E-state index < -0.39 is 0 Å². The molecule has 1 fully saturated rings. The highest BCUT2D eigenvalue weighted by molar-refractivity contribution is 4.78. The van der Waals surface area contributed by atoms with Gasteiger partial charge in [-0.3, -0.25) is 0 Å². The van der Waals surface area contributed by atoms with Crippen LogP contribution in [0.4, 0.5) is 4.39 Å². The van der Waals surface area contributed by atoms with Crippen molar-refractivity contribution in [2.75, 3.05) is 33.4 Å². The van der Waals surface area contributed by atoms with E-state index in [0.717, 1.165) is 19.0 Å². The zero-order valence-corrected chi connectivity index (χ0v) is 8.72. The molecule has 0 spiro atoms. The van der Waals surface area contributed by atoms with Gasteiger partial charge in [-0.05, 0) is 45.8 Å². The Morgan fingerprint density at radius 3 is 2.54 bits per heavy atom. The van der Waals surface area contributed by atoms with E-state index in [0.29, 0.717) is 12.6 Å². The number of likely N-dealkylation sites (tertiary alicyclic amines) is 1. The van der Waals surface area contributed by atoms with Crippen LogP contribution >= 0.6 is 0 Å². The third kappa shape index (κ3) is 3.24. The van der Waals surface area contributed by atoms with Gasteiger partial charge in [-0.2, -0.15) is 0 Å². The van der Waals surface area contributed by atoms with Gasteiger partial charge in [-0.1, -0.05) is 0 Å². The molecular weight excluding hydrogens is 167 g/mol. The van der Waals surface area contributed by atoms with Gasteiger partial charge in [0.15, 0.2) is 0 Å². The topological polar surface area (TPSA) is 15.3 Å². The Morgan fingerprint density at radius 1 is 1.46 bits per heavy atom. The molecule has 1 saturated heterocycles. The summed E-state index contributed by atoms with van der Waals surface area (Å²) >= 11 is 0. The van der Waals surface area contributed by atoms with Crippen LogP contribution < -0.4 is 5.32 Å². The smallest absolute Gasteiger partial charge is 0.102 e. The first-order valence-corrected chi connectivity index (χ1v) is 5.23. The maximum Gasteiger partial charge on any atom is 0.102 e. The molecule has 0 radical (unpaired) electrons. The van der Waals surface area contributed by atoms with Gasteiger partial charge in [0.05, 0.1) is 0 Å². The summed E-state index contributed by atoms with van der Waals surface area (Å²) in [4.78, 5) is 2.22. The van der Waals surface area contributed by atoms with Crippen molar-refractivity contribution in [2.45, 2.75) is 25.8 Å². The molecule has 0 amide bonds. The predicted molar refractivity (Wildman–Crippen MR) is 53.7 cm³/mol. The highest BCUT2D eigenvalue weighted by Crippen LogP contribution is 2.19. The van der Waals surface area contributed by atoms with Crippen molar-refractivity contribution < 1.29 is 4.39 Å². The van der Waals surface area contributed by atoms with Crippen LogP contribution in [-0.4, -0.2) is 44.3 Å². The molecule has 1 rings (SSSR count). The highest BCUT2D eigenvalue weighted by Gasteiger charge is 2.22. The molecule has 2 nitrogen and oxygen atoms in total. The Bertz CT molecular complexity index is 133. The fourth-order valence-electron chi connectivity index (χ4n) is 2.03. The van der Waals surface area contributed by atoms with Crippen LogP contribution in [0.25, 0.3) is 0 Å². The Balaban J connectivity index is 2.22. The molecule has 0 aromatic rings. The fraction of sp³-hybridized carbons (Fsp3) is 1.00. The molecule has 0 aromatic heterocycles. The molecule has 13 heavy (non-hydrogen) atoms. The Morgan fingerprint density at radius 2 is 2.08 bits per heavy atom. The minimum atomic E-state index is -0.202. The van der Waals surface area contributed by atoms with E-state index in [1.54, 1.807) is 0 Å². The molecule has 0 aliphatic carbocycles. The number of rotatable bonds is 4. The highest BCUT2D eigenvalue weighted by atomic mass is 19.1. The van der Waals surface area contributed by atoms with Crippen molar-refractivity contribution in [3.05, 3.63) is 0 Å². The lowest BCUT2D eigenvalue weighted by Crippen LogP contribution is -2.41. The van der Waals surface area contributed by atoms with Gasteiger partial charge in [-0.25, -0.2) is 4.39 Å². The molecule has 0 bridgehead atoms. The minimum absolute atomic E-state index is 0.202. The second-order valence-electron chi connectivity index (χ2n) is 3.95. The number of piperidine rings is 1. The average Bonchev–Trinajstić information content (AvgIpc) is 2.18. The average molecular weight is 188 g/mol. The van der Waals surface area contributed by atoms with E-state index in [9.17, 15) is 4.39 Å². The lowest BCUT2D eigenvalue weighted by Gasteiger charge is -2.34. The molecular formula is C10H21FN2. The van der Waals surface area contributed by atoms with Crippen LogP contribution in [0.1, 0.15) is 19.8 Å². The van der Waals surface area contributed by atoms with Crippen LogP contribution in [0, 0.1) is 5.92 Å². The summed E-state index contributed by atoms with van der Waals surface area (Å²) in [5.74, 6) is 0.779. The third-order valence-corrected chi connectivity index (χ3v) is 3.20. The molecule has 1 aliphatic heterocycles. The lowest BCUT2D eigenvalue weighted by molar-refractivity contribution is 0.156. The summed E-state index contributed by atoms with van der Waals surface area (Å²) < 4.78 is 12.0. The van der Waals surface area contributed by atoms with Crippen LogP contribution in [0.3, 0.4) is 0 Å². The molecule has 3 heteroatoms. The Hall–Kier alpha value is -0.150. The first kappa shape index (κ1) is 10.9. The maximum absolute atomic E-state index is 12.0. The van der Waals surface area contributed by atoms with Gasteiger partial charge >= 0.3 is 0 Å². The second kappa shape index (κ2) is 5.55. The summed E-state index contributed by atoms with van der Waals surface area (Å²) in [6, 6.07) is 0.604. The van der Waals surface area contributed by atoms with Crippen LogP contribution in [0.2, 0.25) is 0 Å². The SMILES string of the molecule is CNC(C)C1CCN(CCF)CC1. The third-order valence-electron chi connectivity index (χ3n) is 3.20. The number of nitrogens with zero attached hydrogens (tertiary/aromatic N) is 1. The number of hydrogen-bond donors (Lipinski definition) is 1. The summed E-state index contributed by atoms with van der Waals surface area (Å²) in [6.45, 7) is 4.80. The Kier molecular flexibility index (Phi) is 4.67. The molecule has 1 N–H and O–H groups in total. The van der Waals surface area contributed by atoms with E-state index in [2.05, 4.69) is 17.1 Å². The van der Waals surface area contributed by atoms with Gasteiger partial charge < -0.3 is 10.2 Å². The van der Waals surface area contributed by atoms with Gasteiger partial charge in [0.25, 0.3) is 0 Å². The van der Waals surface area contributed by atoms with Crippen molar-refractivity contribution in [3.63, 3.8) is 0 Å². The van der Waals surface area contributed by atoms with Gasteiger partial charge in [0.1, 0.15) is 6.67 Å². The summed E-state index contributed by atoms with van der Waals surface area (Å²) in [5, 5.41) is 3.29. The quantitative estimate of drug-likeness (QED) is 0.715.